The van der Waals surface area contributed by atoms with Crippen LogP contribution in [0.3, 0.4) is 0 Å². The Balaban J connectivity index is 2.21. The molecule has 1 atom stereocenters. The van der Waals surface area contributed by atoms with Crippen LogP contribution in [0.15, 0.2) is 47.6 Å². The van der Waals surface area contributed by atoms with Crippen molar-refractivity contribution in [3.05, 3.63) is 56.7 Å². The topological polar surface area (TPSA) is 97.1 Å². The molecule has 0 aromatic heterocycles. The van der Waals surface area contributed by atoms with Gasteiger partial charge in [0.15, 0.2) is 17.3 Å². The third-order valence-electron chi connectivity index (χ3n) is 4.90. The number of hydrogen-bond donors (Lipinski definition) is 1. The van der Waals surface area contributed by atoms with Crippen molar-refractivity contribution in [1.82, 2.24) is 0 Å². The van der Waals surface area contributed by atoms with Crippen LogP contribution in [0.5, 0.6) is 11.5 Å². The molecule has 1 aromatic rings. The van der Waals surface area contributed by atoms with Gasteiger partial charge in [0.25, 0.3) is 0 Å². The lowest BCUT2D eigenvalue weighted by atomic mass is 9.77. The predicted octanol–water partition coefficient (Wildman–Crippen LogP) is 3.72. The molecule has 2 aliphatic rings. The van der Waals surface area contributed by atoms with Crippen LogP contribution in [-0.2, 0) is 19.1 Å². The first-order valence-corrected chi connectivity index (χ1v) is 10.7. The standard InChI is InChI=1S/C22H24INO6/c1-4-9-29-20-13(23)10-12(11-16(20)28-5-2)17-18-14(25)7-6-8-15(18)30-21(24)19(17)22(26)27-3/h4,10-11,17H,1,5-9,24H2,2-3H3/t17-/m1/s1. The molecule has 0 unspecified atom stereocenters. The number of ether oxygens (including phenoxy) is 4. The Bertz CT molecular complexity index is 949. The molecule has 160 valence electrons. The van der Waals surface area contributed by atoms with Gasteiger partial charge in [-0.1, -0.05) is 12.7 Å². The summed E-state index contributed by atoms with van der Waals surface area (Å²) in [5.74, 6) is 0.170. The first kappa shape index (κ1) is 22.2. The molecule has 3 rings (SSSR count). The number of rotatable bonds is 7. The summed E-state index contributed by atoms with van der Waals surface area (Å²) in [5.41, 5.74) is 7.36. The minimum atomic E-state index is -0.699. The Morgan fingerprint density at radius 3 is 2.80 bits per heavy atom. The largest absolute Gasteiger partial charge is 0.490 e. The average Bonchev–Trinajstić information content (AvgIpc) is 2.72. The van der Waals surface area contributed by atoms with Crippen molar-refractivity contribution >= 4 is 34.3 Å². The Hall–Kier alpha value is -2.49. The van der Waals surface area contributed by atoms with Gasteiger partial charge in [-0.25, -0.2) is 4.79 Å². The van der Waals surface area contributed by atoms with Crippen molar-refractivity contribution in [3.8, 4) is 11.5 Å². The van der Waals surface area contributed by atoms with E-state index in [9.17, 15) is 9.59 Å². The predicted molar refractivity (Wildman–Crippen MR) is 119 cm³/mol. The van der Waals surface area contributed by atoms with E-state index in [-0.39, 0.29) is 17.2 Å². The fourth-order valence-electron chi connectivity index (χ4n) is 3.70. The van der Waals surface area contributed by atoms with Crippen LogP contribution in [-0.4, -0.2) is 32.1 Å². The highest BCUT2D eigenvalue weighted by Crippen LogP contribution is 2.46. The van der Waals surface area contributed by atoms with E-state index in [0.29, 0.717) is 60.9 Å². The van der Waals surface area contributed by atoms with Gasteiger partial charge in [0, 0.05) is 18.4 Å². The van der Waals surface area contributed by atoms with Gasteiger partial charge in [-0.3, -0.25) is 4.79 Å². The van der Waals surface area contributed by atoms with Crippen LogP contribution in [0.25, 0.3) is 0 Å². The molecule has 0 radical (unpaired) electrons. The number of allylic oxidation sites excluding steroid dienone is 2. The summed E-state index contributed by atoms with van der Waals surface area (Å²) >= 11 is 2.14. The molecule has 1 heterocycles. The highest BCUT2D eigenvalue weighted by atomic mass is 127. The summed E-state index contributed by atoms with van der Waals surface area (Å²) in [6, 6.07) is 3.64. The maximum absolute atomic E-state index is 12.9. The van der Waals surface area contributed by atoms with Gasteiger partial charge in [0.2, 0.25) is 5.88 Å². The molecular formula is C22H24INO6. The second-order valence-electron chi connectivity index (χ2n) is 6.78. The highest BCUT2D eigenvalue weighted by molar-refractivity contribution is 14.1. The quantitative estimate of drug-likeness (QED) is 0.329. The smallest absolute Gasteiger partial charge is 0.340 e. The summed E-state index contributed by atoms with van der Waals surface area (Å²) in [6.07, 6.45) is 3.31. The zero-order chi connectivity index (χ0) is 21.8. The van der Waals surface area contributed by atoms with Gasteiger partial charge >= 0.3 is 5.97 Å². The van der Waals surface area contributed by atoms with Crippen LogP contribution in [0, 0.1) is 3.57 Å². The molecule has 7 nitrogen and oxygen atoms in total. The SMILES string of the molecule is C=CCOc1c(I)cc([C@H]2C(C(=O)OC)=C(N)OC3=C2C(=O)CCC3)cc1OCC. The van der Waals surface area contributed by atoms with Gasteiger partial charge in [-0.15, -0.1) is 0 Å². The van der Waals surface area contributed by atoms with Crippen LogP contribution < -0.4 is 15.2 Å². The summed E-state index contributed by atoms with van der Waals surface area (Å²) < 4.78 is 23.0. The van der Waals surface area contributed by atoms with Gasteiger partial charge in [0.05, 0.1) is 23.2 Å². The number of carbonyl (C=O) groups is 2. The molecule has 0 spiro atoms. The zero-order valence-electron chi connectivity index (χ0n) is 17.0. The number of carbonyl (C=O) groups excluding carboxylic acids is 2. The number of nitrogens with two attached hydrogens (primary N) is 1. The van der Waals surface area contributed by atoms with Crippen LogP contribution >= 0.6 is 22.6 Å². The number of esters is 1. The third-order valence-corrected chi connectivity index (χ3v) is 5.70. The average molecular weight is 525 g/mol. The number of Topliss-reactive ketones (excluding diaryl/α,β-unsaturated/α-hetero) is 1. The van der Waals surface area contributed by atoms with Crippen molar-refractivity contribution < 1.29 is 28.5 Å². The van der Waals surface area contributed by atoms with E-state index in [1.807, 2.05) is 13.0 Å². The minimum Gasteiger partial charge on any atom is -0.490 e. The fraction of sp³-hybridized carbons (Fsp3) is 0.364. The Kier molecular flexibility index (Phi) is 7.06. The van der Waals surface area contributed by atoms with Crippen molar-refractivity contribution in [1.29, 1.82) is 0 Å². The van der Waals surface area contributed by atoms with Crippen molar-refractivity contribution in [2.75, 3.05) is 20.3 Å². The van der Waals surface area contributed by atoms with E-state index in [1.54, 1.807) is 12.1 Å². The summed E-state index contributed by atoms with van der Waals surface area (Å²) in [6.45, 7) is 6.29. The van der Waals surface area contributed by atoms with E-state index in [4.69, 9.17) is 24.7 Å². The van der Waals surface area contributed by atoms with Crippen molar-refractivity contribution in [2.45, 2.75) is 32.1 Å². The van der Waals surface area contributed by atoms with E-state index in [2.05, 4.69) is 29.2 Å². The van der Waals surface area contributed by atoms with E-state index in [0.717, 1.165) is 3.57 Å². The highest BCUT2D eigenvalue weighted by Gasteiger charge is 2.41. The lowest BCUT2D eigenvalue weighted by Gasteiger charge is -2.32. The van der Waals surface area contributed by atoms with Gasteiger partial charge in [-0.05, 0) is 53.6 Å². The summed E-state index contributed by atoms with van der Waals surface area (Å²) in [7, 11) is 1.27. The summed E-state index contributed by atoms with van der Waals surface area (Å²) in [4.78, 5) is 25.5. The molecule has 2 N–H and O–H groups in total. The first-order chi connectivity index (χ1) is 14.4. The van der Waals surface area contributed by atoms with Gasteiger partial charge < -0.3 is 24.7 Å². The number of benzene rings is 1. The molecular weight excluding hydrogens is 501 g/mol. The number of halogens is 1. The zero-order valence-corrected chi connectivity index (χ0v) is 19.1. The second-order valence-corrected chi connectivity index (χ2v) is 7.94. The Labute approximate surface area is 189 Å². The maximum atomic E-state index is 12.9. The number of ketones is 1. The van der Waals surface area contributed by atoms with Gasteiger partial charge in [0.1, 0.15) is 17.9 Å². The molecule has 8 heteroatoms. The lowest BCUT2D eigenvalue weighted by molar-refractivity contribution is -0.136. The normalized spacial score (nSPS) is 18.5. The van der Waals surface area contributed by atoms with Crippen LogP contribution in [0.1, 0.15) is 37.7 Å². The van der Waals surface area contributed by atoms with Crippen LogP contribution in [0.4, 0.5) is 0 Å². The third kappa shape index (κ3) is 4.19. The monoisotopic (exact) mass is 525 g/mol. The van der Waals surface area contributed by atoms with E-state index >= 15 is 0 Å². The lowest BCUT2D eigenvalue weighted by Crippen LogP contribution is -2.31. The Morgan fingerprint density at radius 1 is 1.37 bits per heavy atom. The number of methoxy groups -OCH3 is 1. The summed E-state index contributed by atoms with van der Waals surface area (Å²) in [5, 5.41) is 0. The number of hydrogen-bond acceptors (Lipinski definition) is 7. The molecule has 0 bridgehead atoms. The molecule has 0 saturated carbocycles. The van der Waals surface area contributed by atoms with Crippen molar-refractivity contribution in [3.63, 3.8) is 0 Å². The Morgan fingerprint density at radius 2 is 2.13 bits per heavy atom. The molecule has 30 heavy (non-hydrogen) atoms. The molecule has 0 amide bonds. The van der Waals surface area contributed by atoms with Crippen LogP contribution in [0.2, 0.25) is 0 Å². The first-order valence-electron chi connectivity index (χ1n) is 9.64. The molecule has 1 aliphatic carbocycles. The fourth-order valence-corrected chi connectivity index (χ4v) is 4.48. The molecule has 0 fully saturated rings. The van der Waals surface area contributed by atoms with Crippen molar-refractivity contribution in [2.24, 2.45) is 5.73 Å². The molecule has 1 aromatic carbocycles. The van der Waals surface area contributed by atoms with Gasteiger partial charge in [-0.2, -0.15) is 0 Å². The maximum Gasteiger partial charge on any atom is 0.340 e. The van der Waals surface area contributed by atoms with E-state index < -0.39 is 11.9 Å². The molecule has 1 aliphatic heterocycles. The minimum absolute atomic E-state index is 0.0414. The molecule has 0 saturated heterocycles. The van der Waals surface area contributed by atoms with E-state index in [1.165, 1.54) is 7.11 Å². The second kappa shape index (κ2) is 9.55.